The van der Waals surface area contributed by atoms with Gasteiger partial charge in [-0.05, 0) is 29.8 Å². The van der Waals surface area contributed by atoms with Crippen LogP contribution in [0.15, 0.2) is 60.8 Å². The molecule has 0 fully saturated rings. The van der Waals surface area contributed by atoms with E-state index in [0.717, 1.165) is 16.5 Å². The van der Waals surface area contributed by atoms with E-state index in [0.29, 0.717) is 24.3 Å². The Balaban J connectivity index is 1.75. The van der Waals surface area contributed by atoms with Crippen molar-refractivity contribution in [1.29, 1.82) is 5.26 Å². The Kier molecular flexibility index (Phi) is 10.2. The zero-order chi connectivity index (χ0) is 27.5. The first-order valence-electron chi connectivity index (χ1n) is 12.2. The van der Waals surface area contributed by atoms with Crippen molar-refractivity contribution in [2.24, 2.45) is 17.2 Å². The fourth-order valence-corrected chi connectivity index (χ4v) is 3.89. The lowest BCUT2D eigenvalue weighted by Gasteiger charge is -2.24. The van der Waals surface area contributed by atoms with Gasteiger partial charge in [-0.25, -0.2) is 0 Å². The topological polar surface area (TPSA) is 193 Å². The van der Waals surface area contributed by atoms with Crippen LogP contribution in [0.4, 0.5) is 5.69 Å². The molecular formula is C27H32N8O3. The third-order valence-electron chi connectivity index (χ3n) is 5.90. The molecule has 0 aliphatic heterocycles. The number of fused-ring (bicyclic) bond motifs is 1. The Morgan fingerprint density at radius 1 is 1.00 bits per heavy atom. The van der Waals surface area contributed by atoms with Gasteiger partial charge in [-0.15, -0.1) is 0 Å². The summed E-state index contributed by atoms with van der Waals surface area (Å²) in [4.78, 5) is 44.7. The molecule has 1 heterocycles. The van der Waals surface area contributed by atoms with Gasteiger partial charge in [-0.3, -0.25) is 19.4 Å². The second-order valence-electron chi connectivity index (χ2n) is 8.75. The van der Waals surface area contributed by atoms with Crippen LogP contribution < -0.4 is 27.8 Å². The lowest BCUT2D eigenvalue weighted by molar-refractivity contribution is -0.134. The fourth-order valence-electron chi connectivity index (χ4n) is 3.89. The van der Waals surface area contributed by atoms with E-state index in [1.165, 1.54) is 11.1 Å². The van der Waals surface area contributed by atoms with E-state index >= 15 is 0 Å². The maximum atomic E-state index is 13.3. The van der Waals surface area contributed by atoms with Gasteiger partial charge in [0.05, 0.1) is 41.5 Å². The lowest BCUT2D eigenvalue weighted by atomic mass is 10.0. The summed E-state index contributed by atoms with van der Waals surface area (Å²) in [6.07, 6.45) is 1.41. The van der Waals surface area contributed by atoms with E-state index in [1.54, 1.807) is 30.3 Å². The van der Waals surface area contributed by atoms with Crippen LogP contribution in [-0.4, -0.2) is 65.9 Å². The monoisotopic (exact) mass is 516 g/mol. The summed E-state index contributed by atoms with van der Waals surface area (Å²) in [5.74, 6) is -1.48. The number of carbonyl (C=O) groups is 3. The highest BCUT2D eigenvalue weighted by Gasteiger charge is 2.27. The number of anilines is 1. The summed E-state index contributed by atoms with van der Waals surface area (Å²) in [7, 11) is 0. The number of para-hydroxylation sites is 1. The molecule has 0 saturated carbocycles. The fraction of sp³-hybridized carbons (Fsp3) is 0.296. The van der Waals surface area contributed by atoms with Gasteiger partial charge in [0.15, 0.2) is 0 Å². The van der Waals surface area contributed by atoms with Crippen LogP contribution in [0.25, 0.3) is 10.9 Å². The molecule has 0 saturated heterocycles. The molecule has 11 heteroatoms. The number of carbonyl (C=O) groups excluding carboxylic acids is 3. The minimum Gasteiger partial charge on any atom is -0.343 e. The molecule has 38 heavy (non-hydrogen) atoms. The van der Waals surface area contributed by atoms with Crippen LogP contribution in [0, 0.1) is 11.3 Å². The van der Waals surface area contributed by atoms with Gasteiger partial charge in [0, 0.05) is 38.0 Å². The van der Waals surface area contributed by atoms with Gasteiger partial charge in [0.2, 0.25) is 17.7 Å². The molecule has 0 aliphatic rings. The minimum atomic E-state index is -1.18. The minimum absolute atomic E-state index is 0.136. The molecule has 2 unspecified atom stereocenters. The van der Waals surface area contributed by atoms with E-state index in [9.17, 15) is 14.4 Å². The molecule has 8 N–H and O–H groups in total. The smallest absolute Gasteiger partial charge is 0.247 e. The van der Waals surface area contributed by atoms with Gasteiger partial charge < -0.3 is 32.7 Å². The predicted molar refractivity (Wildman–Crippen MR) is 144 cm³/mol. The number of rotatable bonds is 12. The molecule has 0 spiro atoms. The number of nitrogens with zero attached hydrogens (tertiary/aromatic N) is 3. The Bertz CT molecular complexity index is 1300. The van der Waals surface area contributed by atoms with E-state index in [4.69, 9.17) is 22.5 Å². The normalized spacial score (nSPS) is 12.3. The highest BCUT2D eigenvalue weighted by molar-refractivity contribution is 5.99. The molecule has 0 aliphatic carbocycles. The number of hydrogen-bond acceptors (Lipinski definition) is 8. The standard InChI is InChI=1S/C27H32N8O3/c28-9-11-35(12-10-29)25(36)15-22(31)26(37)34-24(13-18-5-7-19(16-30)8-6-18)27(38)33-21-14-20-3-1-2-4-23(20)32-17-21/h1-8,14,17,22,24H,9-13,15,28-29,31H2,(H,33,38)(H,34,37). The summed E-state index contributed by atoms with van der Waals surface area (Å²) < 4.78 is 0. The first-order valence-corrected chi connectivity index (χ1v) is 12.2. The van der Waals surface area contributed by atoms with E-state index in [2.05, 4.69) is 15.6 Å². The Hall–Kier alpha value is -4.37. The van der Waals surface area contributed by atoms with Crippen LogP contribution in [0.3, 0.4) is 0 Å². The van der Waals surface area contributed by atoms with Crippen LogP contribution in [0.2, 0.25) is 0 Å². The van der Waals surface area contributed by atoms with Crippen LogP contribution in [0.1, 0.15) is 17.5 Å². The molecular weight excluding hydrogens is 484 g/mol. The van der Waals surface area contributed by atoms with Gasteiger partial charge in [0.25, 0.3) is 0 Å². The molecule has 0 radical (unpaired) electrons. The SMILES string of the molecule is N#Cc1ccc(CC(NC(=O)C(N)CC(=O)N(CCN)CCN)C(=O)Nc2cnc3ccccc3c2)cc1. The molecule has 198 valence electrons. The second-order valence-corrected chi connectivity index (χ2v) is 8.75. The van der Waals surface area contributed by atoms with Crippen molar-refractivity contribution in [3.63, 3.8) is 0 Å². The second kappa shape index (κ2) is 13.8. The summed E-state index contributed by atoms with van der Waals surface area (Å²) in [5, 5.41) is 15.4. The molecule has 0 bridgehead atoms. The van der Waals surface area contributed by atoms with Crippen molar-refractivity contribution in [3.05, 3.63) is 71.9 Å². The van der Waals surface area contributed by atoms with Crippen molar-refractivity contribution < 1.29 is 14.4 Å². The highest BCUT2D eigenvalue weighted by Crippen LogP contribution is 2.17. The van der Waals surface area contributed by atoms with Crippen LogP contribution >= 0.6 is 0 Å². The maximum absolute atomic E-state index is 13.3. The number of pyridine rings is 1. The number of nitrogens with two attached hydrogens (primary N) is 3. The average molecular weight is 517 g/mol. The molecule has 1 aromatic heterocycles. The van der Waals surface area contributed by atoms with Crippen molar-refractivity contribution in [2.75, 3.05) is 31.5 Å². The number of nitriles is 1. The maximum Gasteiger partial charge on any atom is 0.247 e. The highest BCUT2D eigenvalue weighted by atomic mass is 16.2. The van der Waals surface area contributed by atoms with E-state index in [-0.39, 0.29) is 31.8 Å². The molecule has 3 amide bonds. The molecule has 2 atom stereocenters. The average Bonchev–Trinajstić information content (AvgIpc) is 2.92. The Morgan fingerprint density at radius 2 is 1.68 bits per heavy atom. The van der Waals surface area contributed by atoms with Gasteiger partial charge in [-0.2, -0.15) is 5.26 Å². The third kappa shape index (κ3) is 7.81. The number of amides is 3. The third-order valence-corrected chi connectivity index (χ3v) is 5.90. The number of aromatic nitrogens is 1. The van der Waals surface area contributed by atoms with Crippen LogP contribution in [-0.2, 0) is 20.8 Å². The van der Waals surface area contributed by atoms with Gasteiger partial charge in [-0.1, -0.05) is 30.3 Å². The number of nitrogens with one attached hydrogen (secondary N) is 2. The van der Waals surface area contributed by atoms with Crippen molar-refractivity contribution in [3.8, 4) is 6.07 Å². The largest absolute Gasteiger partial charge is 0.343 e. The van der Waals surface area contributed by atoms with Crippen molar-refractivity contribution >= 4 is 34.3 Å². The van der Waals surface area contributed by atoms with Gasteiger partial charge in [0.1, 0.15) is 6.04 Å². The molecule has 2 aromatic carbocycles. The quantitative estimate of drug-likeness (QED) is 0.226. The van der Waals surface area contributed by atoms with Crippen molar-refractivity contribution in [2.45, 2.75) is 24.9 Å². The zero-order valence-electron chi connectivity index (χ0n) is 21.0. The summed E-state index contributed by atoms with van der Waals surface area (Å²) >= 11 is 0. The first kappa shape index (κ1) is 28.2. The summed E-state index contributed by atoms with van der Waals surface area (Å²) in [6.45, 7) is 1.11. The Labute approximate surface area is 221 Å². The number of benzene rings is 2. The van der Waals surface area contributed by atoms with E-state index in [1.807, 2.05) is 30.3 Å². The van der Waals surface area contributed by atoms with E-state index < -0.39 is 23.9 Å². The first-order chi connectivity index (χ1) is 18.3. The number of hydrogen-bond donors (Lipinski definition) is 5. The Morgan fingerprint density at radius 3 is 2.34 bits per heavy atom. The van der Waals surface area contributed by atoms with Gasteiger partial charge >= 0.3 is 0 Å². The summed E-state index contributed by atoms with van der Waals surface area (Å²) in [6, 6.07) is 15.8. The van der Waals surface area contributed by atoms with Crippen molar-refractivity contribution in [1.82, 2.24) is 15.2 Å². The molecule has 11 nitrogen and oxygen atoms in total. The van der Waals surface area contributed by atoms with Crippen LogP contribution in [0.5, 0.6) is 0 Å². The lowest BCUT2D eigenvalue weighted by Crippen LogP contribution is -2.52. The predicted octanol–water partition coefficient (Wildman–Crippen LogP) is 0.236. The molecule has 3 aromatic rings. The zero-order valence-corrected chi connectivity index (χ0v) is 21.0. The molecule has 3 rings (SSSR count). The summed E-state index contributed by atoms with van der Waals surface area (Å²) in [5.41, 5.74) is 19.6.